The number of nitrogen functional groups attached to an aromatic ring is 1. The Morgan fingerprint density at radius 2 is 1.47 bits per heavy atom. The topological polar surface area (TPSA) is 222 Å². The van der Waals surface area contributed by atoms with Crippen LogP contribution < -0.4 is 31.4 Å². The van der Waals surface area contributed by atoms with Gasteiger partial charge in [-0.25, -0.2) is 9.97 Å². The molecule has 15 nitrogen and oxygen atoms in total. The van der Waals surface area contributed by atoms with Crippen molar-refractivity contribution in [1.29, 1.82) is 10.5 Å². The highest BCUT2D eigenvalue weighted by molar-refractivity contribution is 7.98. The molecule has 8 radical (unpaired) electrons. The molecule has 0 aliphatic carbocycles. The maximum absolute atomic E-state index is 13.0. The second-order valence-corrected chi connectivity index (χ2v) is 13.6. The van der Waals surface area contributed by atoms with Crippen molar-refractivity contribution < 1.29 is 28.2 Å². The number of rotatable bonds is 23. The van der Waals surface area contributed by atoms with E-state index in [4.69, 9.17) is 67.9 Å². The quantitative estimate of drug-likeness (QED) is 0.0315. The summed E-state index contributed by atoms with van der Waals surface area (Å²) in [7, 11) is 21.8. The Balaban J connectivity index is 1.50. The van der Waals surface area contributed by atoms with Crippen molar-refractivity contribution in [3.8, 4) is 40.5 Å². The predicted octanol–water partition coefficient (Wildman–Crippen LogP) is 2.50. The van der Waals surface area contributed by atoms with Gasteiger partial charge < -0.3 is 45.3 Å². The molecule has 0 amide bonds. The number of aromatic nitrogens is 2. The van der Waals surface area contributed by atoms with Crippen LogP contribution in [0.25, 0.3) is 22.6 Å². The molecule has 0 spiro atoms. The van der Waals surface area contributed by atoms with Crippen molar-refractivity contribution in [2.75, 3.05) is 32.0 Å². The number of carbonyl (C=O) groups excluding carboxylic acids is 2. The fraction of sp³-hybridized carbons (Fsp3) is 0.333. The minimum atomic E-state index is -1.06. The average molecular weight is 802 g/mol. The van der Waals surface area contributed by atoms with Gasteiger partial charge in [0.1, 0.15) is 53.8 Å². The lowest BCUT2D eigenvalue weighted by Gasteiger charge is -2.23. The summed E-state index contributed by atoms with van der Waals surface area (Å²) in [5.41, 5.74) is 8.52. The van der Waals surface area contributed by atoms with Gasteiger partial charge in [-0.05, 0) is 80.7 Å². The van der Waals surface area contributed by atoms with Crippen LogP contribution in [-0.4, -0.2) is 98.3 Å². The van der Waals surface area contributed by atoms with E-state index in [-0.39, 0.29) is 35.7 Å². The van der Waals surface area contributed by atoms with Gasteiger partial charge in [0.2, 0.25) is 5.89 Å². The molecule has 6 N–H and O–H groups in total. The van der Waals surface area contributed by atoms with E-state index in [1.165, 1.54) is 18.0 Å². The van der Waals surface area contributed by atoms with Gasteiger partial charge >= 0.3 is 11.9 Å². The van der Waals surface area contributed by atoms with Gasteiger partial charge in [0.05, 0.1) is 23.3 Å². The first kappa shape index (κ1) is 44.8. The Morgan fingerprint density at radius 1 is 0.860 bits per heavy atom. The van der Waals surface area contributed by atoms with Crippen molar-refractivity contribution in [3.05, 3.63) is 76.6 Å². The largest absolute Gasteiger partial charge is 0.490 e. The molecule has 4 aromatic rings. The number of pyridine rings is 1. The average Bonchev–Trinajstić information content (AvgIpc) is 3.70. The van der Waals surface area contributed by atoms with E-state index in [2.05, 4.69) is 43.0 Å². The van der Waals surface area contributed by atoms with Crippen LogP contribution in [0.2, 0.25) is 5.02 Å². The number of esters is 2. The molecule has 0 aliphatic rings. The molecule has 0 unspecified atom stereocenters. The number of benzene rings is 2. The number of nitrogens with zero attached hydrogens (tertiary/aromatic N) is 4. The Kier molecular flexibility index (Phi) is 18.3. The summed E-state index contributed by atoms with van der Waals surface area (Å²) < 4.78 is 22.7. The van der Waals surface area contributed by atoms with Crippen molar-refractivity contribution in [3.63, 3.8) is 0 Å². The van der Waals surface area contributed by atoms with E-state index in [1.807, 2.05) is 0 Å². The molecular formula is C36H36B4ClN9O6S. The Hall–Kier alpha value is -4.94. The monoisotopic (exact) mass is 801 g/mol. The Morgan fingerprint density at radius 3 is 2.07 bits per heavy atom. The Bertz CT molecular complexity index is 2020. The first-order chi connectivity index (χ1) is 27.6. The van der Waals surface area contributed by atoms with Crippen LogP contribution in [0.4, 0.5) is 5.82 Å². The number of nitrogens with two attached hydrogens (primary N) is 1. The number of anilines is 1. The molecule has 2 heterocycles. The third-order valence-electron chi connectivity index (χ3n) is 8.29. The van der Waals surface area contributed by atoms with Crippen molar-refractivity contribution in [2.45, 2.75) is 54.6 Å². The van der Waals surface area contributed by atoms with Gasteiger partial charge in [-0.1, -0.05) is 35.5 Å². The van der Waals surface area contributed by atoms with Gasteiger partial charge in [0, 0.05) is 21.9 Å². The maximum Gasteiger partial charge on any atom is 0.322 e. The number of nitriles is 2. The second-order valence-electron chi connectivity index (χ2n) is 12.2. The molecule has 286 valence electrons. The van der Waals surface area contributed by atoms with E-state index in [0.29, 0.717) is 77.5 Å². The number of ether oxygens (including phenoxy) is 3. The summed E-state index contributed by atoms with van der Waals surface area (Å²) in [6, 6.07) is 16.1. The van der Waals surface area contributed by atoms with Crippen LogP contribution in [0.3, 0.4) is 0 Å². The van der Waals surface area contributed by atoms with Gasteiger partial charge in [0.15, 0.2) is 38.0 Å². The maximum atomic E-state index is 13.0. The van der Waals surface area contributed by atoms with Crippen LogP contribution in [-0.2, 0) is 24.8 Å². The first-order valence-electron chi connectivity index (χ1n) is 17.5. The highest BCUT2D eigenvalue weighted by atomic mass is 35.5. The summed E-state index contributed by atoms with van der Waals surface area (Å²) in [5.74, 6) is -0.384. The minimum Gasteiger partial charge on any atom is -0.490 e. The number of halogens is 1. The zero-order chi connectivity index (χ0) is 41.2. The van der Waals surface area contributed by atoms with Gasteiger partial charge in [-0.15, -0.1) is 0 Å². The fourth-order valence-electron chi connectivity index (χ4n) is 5.33. The number of oxazole rings is 1. The number of nitrogens with one attached hydrogen (secondary N) is 4. The summed E-state index contributed by atoms with van der Waals surface area (Å²) in [4.78, 5) is 34.7. The fourth-order valence-corrected chi connectivity index (χ4v) is 6.33. The summed E-state index contributed by atoms with van der Waals surface area (Å²) >= 11 is 7.21. The lowest BCUT2D eigenvalue weighted by atomic mass is 9.97. The molecule has 0 fully saturated rings. The standard InChI is InChI=1S/C36H36B4ClN9O6S/c37-45-13-1-3-29(49-39)35(51)55-19-26(56-36(52)30(50-40)4-2-14-46-38)18-53-25-11-7-21(8-12-25)31-27(15-42)32(44)48-34(28(31)16-43)57-20-24-17-54-33(47-24)22-5-9-23(41)10-6-22/h5-12,17,26,29-30,45-46,49-50H,1-4,13-14,18-20H2,(H2,44,48)/t26-,29+,30+/m1/s1. The van der Waals surface area contributed by atoms with Gasteiger partial charge in [-0.3, -0.25) is 9.59 Å². The molecule has 2 aromatic heterocycles. The highest BCUT2D eigenvalue weighted by Crippen LogP contribution is 2.37. The number of carbonyl (C=O) groups is 2. The molecule has 3 atom stereocenters. The molecule has 0 aliphatic heterocycles. The normalized spacial score (nSPS) is 12.5. The molecular weight excluding hydrogens is 765 g/mol. The molecule has 2 aromatic carbocycles. The number of hydrogen-bond donors (Lipinski definition) is 5. The van der Waals surface area contributed by atoms with Crippen molar-refractivity contribution in [1.82, 2.24) is 30.9 Å². The van der Waals surface area contributed by atoms with Crippen LogP contribution in [0.15, 0.2) is 64.2 Å². The number of hydrogen-bond acceptors (Lipinski definition) is 16. The third-order valence-corrected chi connectivity index (χ3v) is 9.55. The van der Waals surface area contributed by atoms with Gasteiger partial charge in [-0.2, -0.15) is 10.5 Å². The molecule has 0 bridgehead atoms. The minimum absolute atomic E-state index is 0.0275. The molecule has 21 heteroatoms. The zero-order valence-electron chi connectivity index (χ0n) is 30.7. The SMILES string of the molecule is [B]NCCC[C@H](N[B])C(=O)OC[C@@H](COc1ccc(-c2c(C#N)c(N)nc(SCc3coc(-c4ccc(Cl)cc4)n3)c2C#N)cc1)OC(=O)[C@H](CCCN[B])N[B]. The van der Waals surface area contributed by atoms with Crippen molar-refractivity contribution >= 4 is 73.0 Å². The second kappa shape index (κ2) is 23.3. The summed E-state index contributed by atoms with van der Waals surface area (Å²) in [6.07, 6.45) is 2.14. The third kappa shape index (κ3) is 13.0. The van der Waals surface area contributed by atoms with E-state index in [0.717, 1.165) is 5.56 Å². The first-order valence-corrected chi connectivity index (χ1v) is 18.9. The predicted molar refractivity (Wildman–Crippen MR) is 218 cm³/mol. The van der Waals surface area contributed by atoms with Gasteiger partial charge in [0.25, 0.3) is 0 Å². The van der Waals surface area contributed by atoms with E-state index in [9.17, 15) is 20.1 Å². The summed E-state index contributed by atoms with van der Waals surface area (Å²) in [5, 5.41) is 31.1. The van der Waals surface area contributed by atoms with Crippen LogP contribution in [0.1, 0.15) is 42.5 Å². The lowest BCUT2D eigenvalue weighted by Crippen LogP contribution is -2.43. The smallest absolute Gasteiger partial charge is 0.322 e. The van der Waals surface area contributed by atoms with E-state index >= 15 is 0 Å². The highest BCUT2D eigenvalue weighted by Gasteiger charge is 2.26. The summed E-state index contributed by atoms with van der Waals surface area (Å²) in [6.45, 7) is 0.302. The van der Waals surface area contributed by atoms with E-state index in [1.54, 1.807) is 48.5 Å². The Labute approximate surface area is 345 Å². The molecule has 57 heavy (non-hydrogen) atoms. The van der Waals surface area contributed by atoms with Crippen LogP contribution in [0, 0.1) is 22.7 Å². The lowest BCUT2D eigenvalue weighted by molar-refractivity contribution is -0.163. The van der Waals surface area contributed by atoms with Crippen molar-refractivity contribution in [2.24, 2.45) is 0 Å². The van der Waals surface area contributed by atoms with Crippen LogP contribution >= 0.6 is 23.4 Å². The molecule has 4 rings (SSSR count). The zero-order valence-corrected chi connectivity index (χ0v) is 32.3. The number of thioether (sulfide) groups is 1. The van der Waals surface area contributed by atoms with Crippen LogP contribution in [0.5, 0.6) is 5.75 Å². The molecule has 0 saturated carbocycles. The van der Waals surface area contributed by atoms with E-state index < -0.39 is 30.1 Å². The molecule has 0 saturated heterocycles.